The fourth-order valence-electron chi connectivity index (χ4n) is 2.32. The molecule has 21 heavy (non-hydrogen) atoms. The molecule has 0 amide bonds. The van der Waals surface area contributed by atoms with Crippen molar-refractivity contribution < 1.29 is 8.42 Å². The summed E-state index contributed by atoms with van der Waals surface area (Å²) < 4.78 is 30.7. The second-order valence-electron chi connectivity index (χ2n) is 5.12. The molecule has 0 aliphatic rings. The number of benzene rings is 1. The van der Waals surface area contributed by atoms with E-state index in [0.29, 0.717) is 9.46 Å². The van der Waals surface area contributed by atoms with E-state index in [4.69, 9.17) is 0 Å². The van der Waals surface area contributed by atoms with Crippen molar-refractivity contribution in [2.75, 3.05) is 4.56 Å². The summed E-state index contributed by atoms with van der Waals surface area (Å²) in [6.45, 7) is 11.5. The predicted molar refractivity (Wildman–Crippen MR) is 92.4 cm³/mol. The molecule has 0 aliphatic carbocycles. The first-order valence-corrected chi connectivity index (χ1v) is 16.4. The van der Waals surface area contributed by atoms with Crippen LogP contribution in [0.25, 0.3) is 0 Å². The summed E-state index contributed by atoms with van der Waals surface area (Å²) in [4.78, 5) is 0.306. The first-order valence-electron chi connectivity index (χ1n) is 6.87. The van der Waals surface area contributed by atoms with Crippen LogP contribution in [0.5, 0.6) is 0 Å². The first kappa shape index (κ1) is 18.2. The molecule has 0 heterocycles. The monoisotopic (exact) mass is 413 g/mol. The number of nitrogens with one attached hydrogen (secondary N) is 1. The molecule has 114 valence electrons. The Morgan fingerprint density at radius 2 is 1.43 bits per heavy atom. The summed E-state index contributed by atoms with van der Waals surface area (Å²) in [6, 6.07) is 8.46. The molecule has 0 saturated heterocycles. The van der Waals surface area contributed by atoms with Crippen molar-refractivity contribution in [1.29, 1.82) is 0 Å². The van der Waals surface area contributed by atoms with Crippen LogP contribution in [0.4, 0.5) is 0 Å². The zero-order chi connectivity index (χ0) is 15.8. The standard InChI is InChI=1S/C7H8NO2S.3C3H5.Sn/c1-8-11(9,10)7-5-3-2-4-6-7;3*1-3-2;/h2-6,8H,1H2;3*3H,1-2H2;. The van der Waals surface area contributed by atoms with Crippen LogP contribution in [-0.2, 0) is 10.0 Å². The SMILES string of the molecule is C=C[CH2][Sn]([CH2]C=C)([CH2]C=C)[CH2]NS(=O)(=O)c1ccccc1. The molecule has 0 spiro atoms. The maximum absolute atomic E-state index is 12.3. The molecule has 5 heteroatoms. The molecule has 1 aromatic carbocycles. The van der Waals surface area contributed by atoms with Crippen LogP contribution in [-0.4, -0.2) is 31.4 Å². The second-order valence-corrected chi connectivity index (χ2v) is 19.9. The second kappa shape index (κ2) is 8.56. The molecule has 1 aromatic rings. The minimum atomic E-state index is -3.45. The van der Waals surface area contributed by atoms with E-state index in [1.165, 1.54) is 0 Å². The topological polar surface area (TPSA) is 46.2 Å². The number of hydrogen-bond acceptors (Lipinski definition) is 2. The molecule has 3 nitrogen and oxygen atoms in total. The molecule has 0 aromatic heterocycles. The van der Waals surface area contributed by atoms with Crippen molar-refractivity contribution in [3.8, 4) is 0 Å². The van der Waals surface area contributed by atoms with E-state index in [9.17, 15) is 8.42 Å². The van der Waals surface area contributed by atoms with E-state index in [-0.39, 0.29) is 0 Å². The summed E-state index contributed by atoms with van der Waals surface area (Å²) >= 11 is -2.72. The summed E-state index contributed by atoms with van der Waals surface area (Å²) in [5, 5.41) is 0. The Morgan fingerprint density at radius 1 is 0.952 bits per heavy atom. The number of sulfonamides is 1. The van der Waals surface area contributed by atoms with Crippen molar-refractivity contribution in [1.82, 2.24) is 4.72 Å². The Bertz CT molecular complexity index is 555. The zero-order valence-corrected chi connectivity index (χ0v) is 16.0. The normalized spacial score (nSPS) is 11.8. The van der Waals surface area contributed by atoms with Crippen molar-refractivity contribution in [2.24, 2.45) is 0 Å². The molecule has 0 saturated carbocycles. The van der Waals surface area contributed by atoms with Crippen molar-refractivity contribution >= 4 is 28.4 Å². The van der Waals surface area contributed by atoms with E-state index in [1.54, 1.807) is 30.3 Å². The first-order chi connectivity index (χ1) is 9.99. The molecule has 0 aliphatic heterocycles. The zero-order valence-electron chi connectivity index (χ0n) is 12.3. The van der Waals surface area contributed by atoms with E-state index in [2.05, 4.69) is 24.5 Å². The third-order valence-electron chi connectivity index (χ3n) is 3.42. The van der Waals surface area contributed by atoms with Crippen LogP contribution in [0.3, 0.4) is 0 Å². The van der Waals surface area contributed by atoms with Crippen LogP contribution in [0.2, 0.25) is 13.3 Å². The van der Waals surface area contributed by atoms with Gasteiger partial charge in [-0.15, -0.1) is 0 Å². The van der Waals surface area contributed by atoms with Gasteiger partial charge in [0.1, 0.15) is 0 Å². The van der Waals surface area contributed by atoms with Gasteiger partial charge in [0.25, 0.3) is 0 Å². The summed E-state index contributed by atoms with van der Waals surface area (Å²) in [5.41, 5.74) is 0. The Labute approximate surface area is 132 Å². The van der Waals surface area contributed by atoms with Gasteiger partial charge in [-0.3, -0.25) is 0 Å². The van der Waals surface area contributed by atoms with E-state index in [1.807, 2.05) is 18.2 Å². The van der Waals surface area contributed by atoms with Gasteiger partial charge in [-0.2, -0.15) is 0 Å². The van der Waals surface area contributed by atoms with Crippen LogP contribution in [0.15, 0.2) is 73.2 Å². The van der Waals surface area contributed by atoms with Crippen molar-refractivity contribution in [3.05, 3.63) is 68.3 Å². The minimum absolute atomic E-state index is 0.306. The van der Waals surface area contributed by atoms with Gasteiger partial charge in [-0.05, 0) is 0 Å². The van der Waals surface area contributed by atoms with Gasteiger partial charge in [0, 0.05) is 0 Å². The molecule has 0 unspecified atom stereocenters. The predicted octanol–water partition coefficient (Wildman–Crippen LogP) is 3.51. The van der Waals surface area contributed by atoms with Crippen molar-refractivity contribution in [3.63, 3.8) is 0 Å². The average Bonchev–Trinajstić information content (AvgIpc) is 2.47. The summed E-state index contributed by atoms with van der Waals surface area (Å²) in [6.07, 6.45) is 5.71. The quantitative estimate of drug-likeness (QED) is 0.473. The van der Waals surface area contributed by atoms with Crippen LogP contribution >= 0.6 is 0 Å². The Balaban J connectivity index is 2.92. The van der Waals surface area contributed by atoms with Gasteiger partial charge in [-0.25, -0.2) is 0 Å². The molecule has 0 bridgehead atoms. The van der Waals surface area contributed by atoms with Crippen LogP contribution in [0.1, 0.15) is 0 Å². The summed E-state index contributed by atoms with van der Waals surface area (Å²) in [5.74, 6) is 0. The van der Waals surface area contributed by atoms with E-state index in [0.717, 1.165) is 13.3 Å². The van der Waals surface area contributed by atoms with Crippen molar-refractivity contribution in [2.45, 2.75) is 18.2 Å². The van der Waals surface area contributed by atoms with Gasteiger partial charge < -0.3 is 0 Å². The van der Waals surface area contributed by atoms with Gasteiger partial charge in [0.05, 0.1) is 0 Å². The third kappa shape index (κ3) is 5.45. The number of rotatable bonds is 10. The molecule has 0 radical (unpaired) electrons. The van der Waals surface area contributed by atoms with Crippen LogP contribution in [0, 0.1) is 0 Å². The average molecular weight is 412 g/mol. The third-order valence-corrected chi connectivity index (χ3v) is 18.1. The van der Waals surface area contributed by atoms with Gasteiger partial charge in [0.15, 0.2) is 0 Å². The van der Waals surface area contributed by atoms with Gasteiger partial charge in [-0.1, -0.05) is 0 Å². The Morgan fingerprint density at radius 3 is 1.86 bits per heavy atom. The molecular formula is C16H23NO2SSn. The molecular weight excluding hydrogens is 389 g/mol. The summed E-state index contributed by atoms with van der Waals surface area (Å²) in [7, 11) is -3.45. The van der Waals surface area contributed by atoms with E-state index < -0.39 is 28.4 Å². The molecule has 1 rings (SSSR count). The van der Waals surface area contributed by atoms with E-state index >= 15 is 0 Å². The maximum atomic E-state index is 12.3. The molecule has 0 atom stereocenters. The Hall–Kier alpha value is -0.851. The van der Waals surface area contributed by atoms with Gasteiger partial charge >= 0.3 is 133 Å². The number of allylic oxidation sites excluding steroid dienone is 3. The Kier molecular flexibility index (Phi) is 7.42. The fourth-order valence-corrected chi connectivity index (χ4v) is 15.6. The van der Waals surface area contributed by atoms with Gasteiger partial charge in [0.2, 0.25) is 0 Å². The van der Waals surface area contributed by atoms with Crippen LogP contribution < -0.4 is 4.72 Å². The fraction of sp³-hybridized carbons (Fsp3) is 0.250. The molecule has 0 fully saturated rings. The molecule has 1 N–H and O–H groups in total. The number of hydrogen-bond donors (Lipinski definition) is 1.